The highest BCUT2D eigenvalue weighted by Crippen LogP contribution is 2.31. The molecule has 1 aliphatic heterocycles. The van der Waals surface area contributed by atoms with Gasteiger partial charge < -0.3 is 14.4 Å². The van der Waals surface area contributed by atoms with Crippen LogP contribution in [0.4, 0.5) is 10.8 Å². The molecule has 3 aromatic rings. The molecule has 8 heteroatoms. The van der Waals surface area contributed by atoms with Crippen molar-refractivity contribution in [2.45, 2.75) is 6.92 Å². The van der Waals surface area contributed by atoms with Crippen LogP contribution in [-0.2, 0) is 4.74 Å². The zero-order valence-corrected chi connectivity index (χ0v) is 17.2. The Balaban J connectivity index is 1.50. The van der Waals surface area contributed by atoms with Gasteiger partial charge in [0.1, 0.15) is 11.4 Å². The number of hydrogen-bond donors (Lipinski definition) is 1. The normalized spacial score (nSPS) is 13.9. The van der Waals surface area contributed by atoms with E-state index in [1.54, 1.807) is 13.3 Å². The Morgan fingerprint density at radius 1 is 1.21 bits per heavy atom. The zero-order chi connectivity index (χ0) is 20.2. The summed E-state index contributed by atoms with van der Waals surface area (Å²) in [6, 6.07) is 11.4. The molecule has 0 spiro atoms. The zero-order valence-electron chi connectivity index (χ0n) is 16.3. The first-order valence-corrected chi connectivity index (χ1v) is 10.2. The molecule has 0 unspecified atom stereocenters. The highest BCUT2D eigenvalue weighted by atomic mass is 32.1. The maximum Gasteiger partial charge on any atom is 0.276 e. The van der Waals surface area contributed by atoms with E-state index in [4.69, 9.17) is 9.47 Å². The Labute approximate surface area is 173 Å². The smallest absolute Gasteiger partial charge is 0.276 e. The van der Waals surface area contributed by atoms with E-state index in [1.165, 1.54) is 11.3 Å². The van der Waals surface area contributed by atoms with E-state index in [-0.39, 0.29) is 5.91 Å². The second-order valence-corrected chi connectivity index (χ2v) is 7.81. The van der Waals surface area contributed by atoms with Crippen molar-refractivity contribution in [2.75, 3.05) is 43.6 Å². The number of anilines is 2. The minimum absolute atomic E-state index is 0.268. The predicted molar refractivity (Wildman–Crippen MR) is 114 cm³/mol. The topological polar surface area (TPSA) is 76.6 Å². The first-order chi connectivity index (χ1) is 14.1. The summed E-state index contributed by atoms with van der Waals surface area (Å²) in [5, 5.41) is 3.43. The van der Waals surface area contributed by atoms with Crippen LogP contribution in [0.2, 0.25) is 0 Å². The average Bonchev–Trinajstić information content (AvgIpc) is 3.14. The summed E-state index contributed by atoms with van der Waals surface area (Å²) in [5.74, 6) is 0.525. The number of carbonyl (C=O) groups is 1. The van der Waals surface area contributed by atoms with Crippen LogP contribution in [0.3, 0.4) is 0 Å². The Kier molecular flexibility index (Phi) is 5.73. The summed E-state index contributed by atoms with van der Waals surface area (Å²) in [6.07, 6.45) is 1.66. The maximum atomic E-state index is 12.7. The number of rotatable bonds is 5. The SMILES string of the molecule is COc1ccc(-c2nc(NC(=O)c3cc(N4CCOCC4)ccn3)sc2C)cc1. The fourth-order valence-electron chi connectivity index (χ4n) is 3.19. The maximum absolute atomic E-state index is 12.7. The summed E-state index contributed by atoms with van der Waals surface area (Å²) >= 11 is 1.45. The molecule has 4 rings (SSSR count). The number of hydrogen-bond acceptors (Lipinski definition) is 7. The van der Waals surface area contributed by atoms with Gasteiger partial charge >= 0.3 is 0 Å². The van der Waals surface area contributed by atoms with Gasteiger partial charge in [0.2, 0.25) is 0 Å². The van der Waals surface area contributed by atoms with Gasteiger partial charge in [-0.25, -0.2) is 4.98 Å². The molecular weight excluding hydrogens is 388 g/mol. The van der Waals surface area contributed by atoms with Crippen LogP contribution in [0.25, 0.3) is 11.3 Å². The minimum atomic E-state index is -0.268. The highest BCUT2D eigenvalue weighted by Gasteiger charge is 2.17. The summed E-state index contributed by atoms with van der Waals surface area (Å²) < 4.78 is 10.6. The standard InChI is InChI=1S/C21H22N4O3S/c1-14-19(15-3-5-17(27-2)6-4-15)23-21(29-14)24-20(26)18-13-16(7-8-22-18)25-9-11-28-12-10-25/h3-8,13H,9-12H2,1-2H3,(H,23,24,26). The number of amides is 1. The monoisotopic (exact) mass is 410 g/mol. The van der Waals surface area contributed by atoms with Crippen molar-refractivity contribution in [3.05, 3.63) is 53.2 Å². The summed E-state index contributed by atoms with van der Waals surface area (Å²) in [6.45, 7) is 4.99. The van der Waals surface area contributed by atoms with Gasteiger partial charge in [-0.3, -0.25) is 15.1 Å². The molecule has 0 saturated carbocycles. The largest absolute Gasteiger partial charge is 0.497 e. The third-order valence-corrected chi connectivity index (χ3v) is 5.62. The molecule has 1 amide bonds. The number of pyridine rings is 1. The summed E-state index contributed by atoms with van der Waals surface area (Å²) in [7, 11) is 1.64. The van der Waals surface area contributed by atoms with Gasteiger partial charge in [0.25, 0.3) is 5.91 Å². The Bertz CT molecular complexity index is 997. The Morgan fingerprint density at radius 2 is 1.97 bits per heavy atom. The molecule has 1 aromatic carbocycles. The van der Waals surface area contributed by atoms with Crippen LogP contribution < -0.4 is 15.0 Å². The van der Waals surface area contributed by atoms with Gasteiger partial charge in [-0.05, 0) is 43.3 Å². The number of benzene rings is 1. The number of thiazole rings is 1. The van der Waals surface area contributed by atoms with Gasteiger partial charge in [0.05, 0.1) is 26.0 Å². The van der Waals surface area contributed by atoms with Crippen molar-refractivity contribution >= 4 is 28.1 Å². The molecule has 1 fully saturated rings. The molecule has 0 atom stereocenters. The van der Waals surface area contributed by atoms with Crippen LogP contribution in [0.15, 0.2) is 42.6 Å². The highest BCUT2D eigenvalue weighted by molar-refractivity contribution is 7.16. The summed E-state index contributed by atoms with van der Waals surface area (Å²) in [5.41, 5.74) is 3.17. The van der Waals surface area contributed by atoms with Gasteiger partial charge in [-0.2, -0.15) is 0 Å². The van der Waals surface area contributed by atoms with Gasteiger partial charge in [0, 0.05) is 35.4 Å². The van der Waals surface area contributed by atoms with Crippen LogP contribution in [-0.4, -0.2) is 49.3 Å². The van der Waals surface area contributed by atoms with E-state index in [1.807, 2.05) is 43.3 Å². The van der Waals surface area contributed by atoms with Gasteiger partial charge in [0.15, 0.2) is 5.13 Å². The number of aryl methyl sites for hydroxylation is 1. The summed E-state index contributed by atoms with van der Waals surface area (Å²) in [4.78, 5) is 24.8. The van der Waals surface area contributed by atoms with E-state index in [9.17, 15) is 4.79 Å². The fraction of sp³-hybridized carbons (Fsp3) is 0.286. The van der Waals surface area contributed by atoms with Crippen LogP contribution in [0, 0.1) is 6.92 Å². The van der Waals surface area contributed by atoms with E-state index in [2.05, 4.69) is 20.2 Å². The number of morpholine rings is 1. The molecular formula is C21H22N4O3S. The van der Waals surface area contributed by atoms with E-state index in [0.717, 1.165) is 40.7 Å². The fourth-order valence-corrected chi connectivity index (χ4v) is 4.02. The van der Waals surface area contributed by atoms with Gasteiger partial charge in [-0.15, -0.1) is 11.3 Å². The molecule has 0 aliphatic carbocycles. The minimum Gasteiger partial charge on any atom is -0.497 e. The van der Waals surface area contributed by atoms with Crippen molar-refractivity contribution in [3.8, 4) is 17.0 Å². The van der Waals surface area contributed by atoms with Gasteiger partial charge in [-0.1, -0.05) is 0 Å². The third-order valence-electron chi connectivity index (χ3n) is 4.73. The van der Waals surface area contributed by atoms with Crippen LogP contribution in [0.1, 0.15) is 15.4 Å². The lowest BCUT2D eigenvalue weighted by molar-refractivity contribution is 0.102. The number of aromatic nitrogens is 2. The second kappa shape index (κ2) is 8.59. The lowest BCUT2D eigenvalue weighted by Gasteiger charge is -2.28. The van der Waals surface area contributed by atoms with Crippen molar-refractivity contribution in [3.63, 3.8) is 0 Å². The third kappa shape index (κ3) is 4.38. The molecule has 0 radical (unpaired) electrons. The Hall–Kier alpha value is -2.97. The number of carbonyl (C=O) groups excluding carboxylic acids is 1. The molecule has 1 saturated heterocycles. The van der Waals surface area contributed by atoms with Crippen molar-refractivity contribution < 1.29 is 14.3 Å². The van der Waals surface area contributed by atoms with E-state index >= 15 is 0 Å². The van der Waals surface area contributed by atoms with Crippen molar-refractivity contribution in [1.82, 2.24) is 9.97 Å². The Morgan fingerprint density at radius 3 is 2.69 bits per heavy atom. The molecule has 29 heavy (non-hydrogen) atoms. The molecule has 150 valence electrons. The molecule has 2 aromatic heterocycles. The quantitative estimate of drug-likeness (QED) is 0.692. The van der Waals surface area contributed by atoms with Crippen LogP contribution >= 0.6 is 11.3 Å². The number of methoxy groups -OCH3 is 1. The van der Waals surface area contributed by atoms with Crippen LogP contribution in [0.5, 0.6) is 5.75 Å². The first-order valence-electron chi connectivity index (χ1n) is 9.36. The average molecular weight is 410 g/mol. The second-order valence-electron chi connectivity index (χ2n) is 6.61. The molecule has 1 aliphatic rings. The number of nitrogens with one attached hydrogen (secondary N) is 1. The lowest BCUT2D eigenvalue weighted by Crippen LogP contribution is -2.36. The molecule has 1 N–H and O–H groups in total. The number of nitrogens with zero attached hydrogens (tertiary/aromatic N) is 3. The molecule has 7 nitrogen and oxygen atoms in total. The molecule has 3 heterocycles. The molecule has 0 bridgehead atoms. The predicted octanol–water partition coefficient (Wildman–Crippen LogP) is 3.61. The van der Waals surface area contributed by atoms with E-state index < -0.39 is 0 Å². The first kappa shape index (κ1) is 19.4. The van der Waals surface area contributed by atoms with Crippen molar-refractivity contribution in [1.29, 1.82) is 0 Å². The van der Waals surface area contributed by atoms with E-state index in [0.29, 0.717) is 24.0 Å². The lowest BCUT2D eigenvalue weighted by atomic mass is 10.1. The van der Waals surface area contributed by atoms with Crippen molar-refractivity contribution in [2.24, 2.45) is 0 Å². The number of ether oxygens (including phenoxy) is 2.